The molecule has 1 fully saturated rings. The second-order valence-electron chi connectivity index (χ2n) is 4.34. The Bertz CT molecular complexity index is 498. The third-order valence-electron chi connectivity index (χ3n) is 3.29. The molecule has 0 aliphatic heterocycles. The number of benzene rings is 2. The number of rotatable bonds is 2. The molecule has 0 heterocycles. The van der Waals surface area contributed by atoms with Crippen LogP contribution in [0.15, 0.2) is 36.4 Å². The normalized spacial score (nSPS) is 15.8. The summed E-state index contributed by atoms with van der Waals surface area (Å²) in [6.45, 7) is 0.630. The van der Waals surface area contributed by atoms with E-state index >= 15 is 0 Å². The second-order valence-corrected chi connectivity index (χ2v) is 4.34. The number of hydrogen-bond donors (Lipinski definition) is 1. The maximum atomic E-state index is 5.76. The summed E-state index contributed by atoms with van der Waals surface area (Å²) in [6.07, 6.45) is 2.71. The topological polar surface area (TPSA) is 26.0 Å². The van der Waals surface area contributed by atoms with E-state index in [1.807, 2.05) is 0 Å². The van der Waals surface area contributed by atoms with Crippen LogP contribution in [0, 0.1) is 0 Å². The Morgan fingerprint density at radius 3 is 2.40 bits per heavy atom. The molecule has 3 rings (SSSR count). The van der Waals surface area contributed by atoms with Gasteiger partial charge in [-0.15, -0.1) is 0 Å². The fraction of sp³-hybridized carbons (Fsp3) is 0.286. The van der Waals surface area contributed by atoms with E-state index in [0.29, 0.717) is 6.54 Å². The molecule has 1 heteroatoms. The summed E-state index contributed by atoms with van der Waals surface area (Å²) < 4.78 is 0. The molecule has 1 aliphatic rings. The van der Waals surface area contributed by atoms with Crippen LogP contribution in [0.25, 0.3) is 10.8 Å². The van der Waals surface area contributed by atoms with Gasteiger partial charge in [-0.05, 0) is 40.7 Å². The standard InChI is InChI=1S/C14H15N/c15-9-11-7-8-13(10-5-6-10)14-4-2-1-3-12(11)14/h1-4,7-8,10H,5-6,9,15H2. The van der Waals surface area contributed by atoms with Crippen molar-refractivity contribution in [3.05, 3.63) is 47.5 Å². The van der Waals surface area contributed by atoms with Gasteiger partial charge in [0.05, 0.1) is 0 Å². The van der Waals surface area contributed by atoms with E-state index in [1.165, 1.54) is 34.7 Å². The van der Waals surface area contributed by atoms with Crippen molar-refractivity contribution in [1.82, 2.24) is 0 Å². The number of hydrogen-bond acceptors (Lipinski definition) is 1. The van der Waals surface area contributed by atoms with E-state index in [0.717, 1.165) is 5.92 Å². The van der Waals surface area contributed by atoms with Crippen LogP contribution in [0.5, 0.6) is 0 Å². The van der Waals surface area contributed by atoms with Crippen molar-refractivity contribution in [2.45, 2.75) is 25.3 Å². The lowest BCUT2D eigenvalue weighted by molar-refractivity contribution is 1.08. The fourth-order valence-corrected chi connectivity index (χ4v) is 2.31. The molecule has 1 aliphatic carbocycles. The highest BCUT2D eigenvalue weighted by Crippen LogP contribution is 2.43. The predicted molar refractivity (Wildman–Crippen MR) is 63.8 cm³/mol. The summed E-state index contributed by atoms with van der Waals surface area (Å²) >= 11 is 0. The first kappa shape index (κ1) is 8.93. The summed E-state index contributed by atoms with van der Waals surface area (Å²) in [5, 5.41) is 2.74. The van der Waals surface area contributed by atoms with Gasteiger partial charge in [0, 0.05) is 6.54 Å². The lowest BCUT2D eigenvalue weighted by Gasteiger charge is -2.09. The van der Waals surface area contributed by atoms with E-state index < -0.39 is 0 Å². The van der Waals surface area contributed by atoms with Crippen molar-refractivity contribution in [1.29, 1.82) is 0 Å². The van der Waals surface area contributed by atoms with Gasteiger partial charge in [0.15, 0.2) is 0 Å². The van der Waals surface area contributed by atoms with Crippen LogP contribution < -0.4 is 5.73 Å². The van der Waals surface area contributed by atoms with Gasteiger partial charge in [0.25, 0.3) is 0 Å². The van der Waals surface area contributed by atoms with Crippen molar-refractivity contribution < 1.29 is 0 Å². The molecule has 0 bridgehead atoms. The molecule has 0 saturated heterocycles. The monoisotopic (exact) mass is 197 g/mol. The van der Waals surface area contributed by atoms with Crippen LogP contribution >= 0.6 is 0 Å². The molecule has 1 saturated carbocycles. The smallest absolute Gasteiger partial charge is 0.0184 e. The Morgan fingerprint density at radius 2 is 1.73 bits per heavy atom. The number of nitrogens with two attached hydrogens (primary N) is 1. The zero-order chi connectivity index (χ0) is 10.3. The minimum absolute atomic E-state index is 0.630. The summed E-state index contributed by atoms with van der Waals surface area (Å²) in [6, 6.07) is 13.1. The van der Waals surface area contributed by atoms with Gasteiger partial charge in [-0.1, -0.05) is 36.4 Å². The molecule has 0 radical (unpaired) electrons. The highest BCUT2D eigenvalue weighted by molar-refractivity contribution is 5.89. The molecule has 15 heavy (non-hydrogen) atoms. The van der Waals surface area contributed by atoms with Gasteiger partial charge in [-0.25, -0.2) is 0 Å². The van der Waals surface area contributed by atoms with Gasteiger partial charge in [0.1, 0.15) is 0 Å². The average molecular weight is 197 g/mol. The highest BCUT2D eigenvalue weighted by atomic mass is 14.5. The van der Waals surface area contributed by atoms with Gasteiger partial charge in [-0.3, -0.25) is 0 Å². The third kappa shape index (κ3) is 1.44. The lowest BCUT2D eigenvalue weighted by Crippen LogP contribution is -1.98. The molecule has 0 spiro atoms. The fourth-order valence-electron chi connectivity index (χ4n) is 2.31. The van der Waals surface area contributed by atoms with E-state index in [9.17, 15) is 0 Å². The number of fused-ring (bicyclic) bond motifs is 1. The summed E-state index contributed by atoms with van der Waals surface area (Å²) in [5.74, 6) is 0.807. The van der Waals surface area contributed by atoms with Crippen molar-refractivity contribution in [2.24, 2.45) is 5.73 Å². The quantitative estimate of drug-likeness (QED) is 0.786. The lowest BCUT2D eigenvalue weighted by atomic mass is 9.97. The SMILES string of the molecule is NCc1ccc(C2CC2)c2ccccc12. The molecule has 0 unspecified atom stereocenters. The van der Waals surface area contributed by atoms with E-state index in [1.54, 1.807) is 0 Å². The maximum absolute atomic E-state index is 5.76. The van der Waals surface area contributed by atoms with Gasteiger partial charge in [0.2, 0.25) is 0 Å². The summed E-state index contributed by atoms with van der Waals surface area (Å²) in [5.41, 5.74) is 8.53. The average Bonchev–Trinajstić information content (AvgIpc) is 3.11. The predicted octanol–water partition coefficient (Wildman–Crippen LogP) is 3.18. The third-order valence-corrected chi connectivity index (χ3v) is 3.29. The van der Waals surface area contributed by atoms with Crippen molar-refractivity contribution in [3.63, 3.8) is 0 Å². The molecule has 2 aromatic rings. The Balaban J connectivity index is 2.30. The maximum Gasteiger partial charge on any atom is 0.0184 e. The van der Waals surface area contributed by atoms with Crippen LogP contribution in [-0.2, 0) is 6.54 Å². The Morgan fingerprint density at radius 1 is 1.00 bits per heavy atom. The minimum Gasteiger partial charge on any atom is -0.326 e. The molecule has 1 nitrogen and oxygen atoms in total. The Kier molecular flexibility index (Phi) is 2.00. The van der Waals surface area contributed by atoms with Crippen LogP contribution in [0.2, 0.25) is 0 Å². The van der Waals surface area contributed by atoms with Gasteiger partial charge >= 0.3 is 0 Å². The van der Waals surface area contributed by atoms with Crippen molar-refractivity contribution in [2.75, 3.05) is 0 Å². The zero-order valence-electron chi connectivity index (χ0n) is 8.74. The van der Waals surface area contributed by atoms with E-state index in [2.05, 4.69) is 36.4 Å². The minimum atomic E-state index is 0.630. The molecule has 2 N–H and O–H groups in total. The van der Waals surface area contributed by atoms with Crippen molar-refractivity contribution in [3.8, 4) is 0 Å². The molecule has 0 aromatic heterocycles. The first-order valence-electron chi connectivity index (χ1n) is 5.61. The molecule has 2 aromatic carbocycles. The first-order valence-corrected chi connectivity index (χ1v) is 5.61. The Labute approximate surface area is 89.9 Å². The second kappa shape index (κ2) is 3.35. The van der Waals surface area contributed by atoms with Crippen LogP contribution in [0.4, 0.5) is 0 Å². The van der Waals surface area contributed by atoms with Crippen molar-refractivity contribution >= 4 is 10.8 Å². The van der Waals surface area contributed by atoms with E-state index in [-0.39, 0.29) is 0 Å². The van der Waals surface area contributed by atoms with Gasteiger partial charge < -0.3 is 5.73 Å². The van der Waals surface area contributed by atoms with Crippen LogP contribution in [-0.4, -0.2) is 0 Å². The molecule has 76 valence electrons. The first-order chi connectivity index (χ1) is 7.40. The van der Waals surface area contributed by atoms with Crippen LogP contribution in [0.3, 0.4) is 0 Å². The molecule has 0 amide bonds. The van der Waals surface area contributed by atoms with Gasteiger partial charge in [-0.2, -0.15) is 0 Å². The van der Waals surface area contributed by atoms with Crippen LogP contribution in [0.1, 0.15) is 29.9 Å². The Hall–Kier alpha value is -1.34. The molecular weight excluding hydrogens is 182 g/mol. The zero-order valence-corrected chi connectivity index (χ0v) is 8.74. The summed E-state index contributed by atoms with van der Waals surface area (Å²) in [7, 11) is 0. The molecular formula is C14H15N. The van der Waals surface area contributed by atoms with E-state index in [4.69, 9.17) is 5.73 Å². The highest BCUT2D eigenvalue weighted by Gasteiger charge is 2.25. The summed E-state index contributed by atoms with van der Waals surface area (Å²) in [4.78, 5) is 0. The molecule has 0 atom stereocenters. The largest absolute Gasteiger partial charge is 0.326 e.